The van der Waals surface area contributed by atoms with Gasteiger partial charge in [0.2, 0.25) is 5.75 Å². The first-order valence-corrected chi connectivity index (χ1v) is 6.43. The molecule has 2 aromatic carbocycles. The van der Waals surface area contributed by atoms with Gasteiger partial charge < -0.3 is 19.7 Å². The Kier molecular flexibility index (Phi) is 4.65. The minimum absolute atomic E-state index is 0.0551. The highest BCUT2D eigenvalue weighted by molar-refractivity contribution is 5.91. The van der Waals surface area contributed by atoms with Crippen LogP contribution in [-0.2, 0) is 11.3 Å². The van der Waals surface area contributed by atoms with Crippen LogP contribution in [0.4, 0.5) is 5.69 Å². The fourth-order valence-corrected chi connectivity index (χ4v) is 1.94. The van der Waals surface area contributed by atoms with Crippen molar-refractivity contribution < 1.29 is 29.4 Å². The monoisotopic (exact) mass is 319 g/mol. The number of esters is 1. The lowest BCUT2D eigenvalue weighted by atomic mass is 10.1. The normalized spacial score (nSPS) is 10.1. The molecule has 0 atom stereocenters. The number of hydrogen-bond acceptors (Lipinski definition) is 7. The Morgan fingerprint density at radius 2 is 1.83 bits per heavy atom. The van der Waals surface area contributed by atoms with Crippen molar-refractivity contribution in [1.29, 1.82) is 0 Å². The quantitative estimate of drug-likeness (QED) is 0.493. The largest absolute Gasteiger partial charge is 0.504 e. The van der Waals surface area contributed by atoms with Gasteiger partial charge in [-0.1, -0.05) is 12.1 Å². The number of carbonyl (C=O) groups is 1. The van der Waals surface area contributed by atoms with Gasteiger partial charge in [0.15, 0.2) is 11.5 Å². The number of nitro benzene ring substituents is 1. The zero-order valence-electron chi connectivity index (χ0n) is 12.1. The van der Waals surface area contributed by atoms with E-state index in [1.54, 1.807) is 6.07 Å². The second kappa shape index (κ2) is 6.65. The second-order valence-corrected chi connectivity index (χ2v) is 4.51. The van der Waals surface area contributed by atoms with E-state index in [4.69, 9.17) is 4.74 Å². The Morgan fingerprint density at radius 1 is 1.22 bits per heavy atom. The molecule has 0 amide bonds. The highest BCUT2D eigenvalue weighted by atomic mass is 16.6. The number of para-hydroxylation sites is 1. The molecule has 0 aliphatic rings. The van der Waals surface area contributed by atoms with E-state index >= 15 is 0 Å². The van der Waals surface area contributed by atoms with Crippen LogP contribution in [0.1, 0.15) is 15.9 Å². The van der Waals surface area contributed by atoms with Crippen molar-refractivity contribution in [2.24, 2.45) is 0 Å². The summed E-state index contributed by atoms with van der Waals surface area (Å²) in [7, 11) is 1.16. The molecule has 8 heteroatoms. The molecule has 0 saturated heterocycles. The number of nitro groups is 1. The van der Waals surface area contributed by atoms with E-state index < -0.39 is 22.4 Å². The molecule has 0 saturated carbocycles. The molecule has 2 N–H and O–H groups in total. The molecule has 23 heavy (non-hydrogen) atoms. The van der Waals surface area contributed by atoms with Crippen LogP contribution < -0.4 is 4.74 Å². The Labute approximate surface area is 130 Å². The molecule has 0 aromatic heterocycles. The molecule has 2 aromatic rings. The fourth-order valence-electron chi connectivity index (χ4n) is 1.94. The molecule has 0 heterocycles. The first-order valence-electron chi connectivity index (χ1n) is 6.43. The van der Waals surface area contributed by atoms with Crippen molar-refractivity contribution in [1.82, 2.24) is 0 Å². The van der Waals surface area contributed by atoms with E-state index in [9.17, 15) is 25.1 Å². The van der Waals surface area contributed by atoms with Gasteiger partial charge in [-0.3, -0.25) is 10.1 Å². The first-order chi connectivity index (χ1) is 10.9. The second-order valence-electron chi connectivity index (χ2n) is 4.51. The standard InChI is InChI=1S/C15H13NO7/c1-22-15(19)10-6-12(17)14(13(18)7-10)23-8-9-4-2-3-5-11(9)16(20)21/h2-7,17-18H,8H2,1H3. The molecule has 0 fully saturated rings. The molecule has 0 spiro atoms. The van der Waals surface area contributed by atoms with Gasteiger partial charge in [0.05, 0.1) is 23.2 Å². The predicted octanol–water partition coefficient (Wildman–Crippen LogP) is 2.37. The van der Waals surface area contributed by atoms with E-state index in [1.165, 1.54) is 18.2 Å². The van der Waals surface area contributed by atoms with Crippen molar-refractivity contribution in [3.63, 3.8) is 0 Å². The average Bonchev–Trinajstić information content (AvgIpc) is 2.53. The van der Waals surface area contributed by atoms with Crippen LogP contribution in [0, 0.1) is 10.1 Å². The molecule has 0 unspecified atom stereocenters. The maximum absolute atomic E-state index is 11.4. The molecule has 8 nitrogen and oxygen atoms in total. The van der Waals surface area contributed by atoms with Crippen LogP contribution in [0.2, 0.25) is 0 Å². The van der Waals surface area contributed by atoms with E-state index in [0.29, 0.717) is 0 Å². The van der Waals surface area contributed by atoms with Crippen LogP contribution in [0.3, 0.4) is 0 Å². The number of hydrogen-bond donors (Lipinski definition) is 2. The predicted molar refractivity (Wildman–Crippen MR) is 78.5 cm³/mol. The molecular weight excluding hydrogens is 306 g/mol. The number of aromatic hydroxyl groups is 2. The summed E-state index contributed by atoms with van der Waals surface area (Å²) in [5, 5.41) is 30.6. The topological polar surface area (TPSA) is 119 Å². The number of phenolic OH excluding ortho intramolecular Hbond substituents is 2. The van der Waals surface area contributed by atoms with Crippen molar-refractivity contribution in [3.05, 3.63) is 57.6 Å². The van der Waals surface area contributed by atoms with Gasteiger partial charge in [-0.15, -0.1) is 0 Å². The summed E-state index contributed by atoms with van der Waals surface area (Å²) in [6.07, 6.45) is 0. The molecule has 120 valence electrons. The van der Waals surface area contributed by atoms with Crippen LogP contribution in [0.25, 0.3) is 0 Å². The van der Waals surface area contributed by atoms with Gasteiger partial charge in [0, 0.05) is 6.07 Å². The number of rotatable bonds is 5. The molecule has 0 bridgehead atoms. The van der Waals surface area contributed by atoms with E-state index in [1.807, 2.05) is 0 Å². The third-order valence-electron chi connectivity index (χ3n) is 3.03. The third kappa shape index (κ3) is 3.49. The van der Waals surface area contributed by atoms with Gasteiger partial charge in [-0.05, 0) is 18.2 Å². The summed E-state index contributed by atoms with van der Waals surface area (Å²) in [6, 6.07) is 8.07. The van der Waals surface area contributed by atoms with Gasteiger partial charge in [0.1, 0.15) is 6.61 Å². The first kappa shape index (κ1) is 16.1. The number of nitrogens with zero attached hydrogens (tertiary/aromatic N) is 1. The summed E-state index contributed by atoms with van der Waals surface area (Å²) in [6.45, 7) is -0.240. The van der Waals surface area contributed by atoms with E-state index in [0.717, 1.165) is 19.2 Å². The van der Waals surface area contributed by atoms with Crippen LogP contribution >= 0.6 is 0 Å². The molecule has 0 aliphatic heterocycles. The number of ether oxygens (including phenoxy) is 2. The molecule has 2 rings (SSSR count). The zero-order valence-corrected chi connectivity index (χ0v) is 12.1. The molecular formula is C15H13NO7. The van der Waals surface area contributed by atoms with Crippen LogP contribution in [0.15, 0.2) is 36.4 Å². The minimum Gasteiger partial charge on any atom is -0.504 e. The van der Waals surface area contributed by atoms with Crippen molar-refractivity contribution in [2.75, 3.05) is 7.11 Å². The van der Waals surface area contributed by atoms with Gasteiger partial charge in [-0.2, -0.15) is 0 Å². The lowest BCUT2D eigenvalue weighted by Crippen LogP contribution is -2.03. The van der Waals surface area contributed by atoms with Crippen LogP contribution in [0.5, 0.6) is 17.2 Å². The summed E-state index contributed by atoms with van der Waals surface area (Å²) in [5.41, 5.74) is 0.0755. The SMILES string of the molecule is COC(=O)c1cc(O)c(OCc2ccccc2[N+](=O)[O-])c(O)c1. The Bertz CT molecular complexity index is 734. The van der Waals surface area contributed by atoms with Crippen molar-refractivity contribution >= 4 is 11.7 Å². The third-order valence-corrected chi connectivity index (χ3v) is 3.03. The van der Waals surface area contributed by atoms with E-state index in [2.05, 4.69) is 4.74 Å². The number of methoxy groups -OCH3 is 1. The molecule has 0 aliphatic carbocycles. The highest BCUT2D eigenvalue weighted by Gasteiger charge is 2.18. The van der Waals surface area contributed by atoms with Crippen molar-refractivity contribution in [3.8, 4) is 17.2 Å². The Morgan fingerprint density at radius 3 is 2.39 bits per heavy atom. The van der Waals surface area contributed by atoms with Gasteiger partial charge >= 0.3 is 5.97 Å². The van der Waals surface area contributed by atoms with Crippen LogP contribution in [-0.4, -0.2) is 28.2 Å². The zero-order chi connectivity index (χ0) is 17.0. The summed E-state index contributed by atoms with van der Waals surface area (Å²) in [5.74, 6) is -1.98. The van der Waals surface area contributed by atoms with Crippen molar-refractivity contribution in [2.45, 2.75) is 6.61 Å². The lowest BCUT2D eigenvalue weighted by Gasteiger charge is -2.11. The number of carbonyl (C=O) groups excluding carboxylic acids is 1. The maximum Gasteiger partial charge on any atom is 0.338 e. The van der Waals surface area contributed by atoms with Gasteiger partial charge in [0.25, 0.3) is 5.69 Å². The lowest BCUT2D eigenvalue weighted by molar-refractivity contribution is -0.385. The average molecular weight is 319 g/mol. The Hall–Kier alpha value is -3.29. The van der Waals surface area contributed by atoms with Gasteiger partial charge in [-0.25, -0.2) is 4.79 Å². The smallest absolute Gasteiger partial charge is 0.338 e. The van der Waals surface area contributed by atoms with E-state index in [-0.39, 0.29) is 29.2 Å². The fraction of sp³-hybridized carbons (Fsp3) is 0.133. The number of benzene rings is 2. The summed E-state index contributed by atoms with van der Waals surface area (Å²) >= 11 is 0. The summed E-state index contributed by atoms with van der Waals surface area (Å²) < 4.78 is 9.74. The minimum atomic E-state index is -0.735. The maximum atomic E-state index is 11.4. The molecule has 0 radical (unpaired) electrons. The number of phenols is 2. The summed E-state index contributed by atoms with van der Waals surface area (Å²) in [4.78, 5) is 21.7. The Balaban J connectivity index is 2.25. The highest BCUT2D eigenvalue weighted by Crippen LogP contribution is 2.38.